The number of hydrogen-bond donors (Lipinski definition) is 2. The van der Waals surface area contributed by atoms with Crippen LogP contribution in [0.4, 0.5) is 0 Å². The average Bonchev–Trinajstić information content (AvgIpc) is 2.89. The average molecular weight is 405 g/mol. The molecule has 4 aliphatic rings. The molecule has 0 spiro atoms. The van der Waals surface area contributed by atoms with Crippen molar-refractivity contribution >= 4 is 17.5 Å². The lowest BCUT2D eigenvalue weighted by Gasteiger charge is -2.62. The maximum absolute atomic E-state index is 12.9. The minimum Gasteiger partial charge on any atom is -0.458 e. The van der Waals surface area contributed by atoms with Crippen molar-refractivity contribution in [2.45, 2.75) is 83.3 Å². The van der Waals surface area contributed by atoms with Gasteiger partial charge >= 0.3 is 5.97 Å². The van der Waals surface area contributed by atoms with Crippen molar-refractivity contribution < 1.29 is 29.3 Å². The van der Waals surface area contributed by atoms with E-state index in [0.29, 0.717) is 19.3 Å². The summed E-state index contributed by atoms with van der Waals surface area (Å²) in [7, 11) is 0. The number of carbonyl (C=O) groups is 3. The quantitative estimate of drug-likeness (QED) is 0.701. The van der Waals surface area contributed by atoms with Crippen LogP contribution in [0.15, 0.2) is 11.6 Å². The molecule has 6 nitrogen and oxygen atoms in total. The molecule has 160 valence electrons. The van der Waals surface area contributed by atoms with Crippen molar-refractivity contribution in [3.05, 3.63) is 11.6 Å². The van der Waals surface area contributed by atoms with E-state index in [0.717, 1.165) is 25.7 Å². The number of aliphatic hydroxyl groups is 2. The van der Waals surface area contributed by atoms with Crippen LogP contribution in [0.1, 0.15) is 72.1 Å². The maximum atomic E-state index is 12.9. The highest BCUT2D eigenvalue weighted by molar-refractivity contribution is 5.92. The molecule has 0 amide bonds. The molecule has 6 atom stereocenters. The van der Waals surface area contributed by atoms with Gasteiger partial charge < -0.3 is 14.9 Å². The van der Waals surface area contributed by atoms with Crippen molar-refractivity contribution in [3.8, 4) is 0 Å². The first kappa shape index (κ1) is 20.7. The summed E-state index contributed by atoms with van der Waals surface area (Å²) in [4.78, 5) is 36.0. The summed E-state index contributed by atoms with van der Waals surface area (Å²) in [6.45, 7) is 4.83. The number of allylic oxidation sites excluding steroid dienone is 1. The van der Waals surface area contributed by atoms with Gasteiger partial charge in [-0.25, -0.2) is 0 Å². The number of fused-ring (bicyclic) bond motifs is 5. The Bertz CT molecular complexity index is 801. The van der Waals surface area contributed by atoms with Gasteiger partial charge in [-0.3, -0.25) is 14.4 Å². The molecule has 3 fully saturated rings. The second-order valence-corrected chi connectivity index (χ2v) is 10.2. The SMILES string of the molecule is CC(=O)OCC(=O)[C@]1(O)CC[C@]2(O)[C@H]3CCC4=CC(=O)CC[C@]4(C)[C@@H]3CC[C@]12C. The monoisotopic (exact) mass is 404 g/mol. The number of ether oxygens (including phenoxy) is 1. The van der Waals surface area contributed by atoms with E-state index >= 15 is 0 Å². The second kappa shape index (κ2) is 6.48. The molecule has 0 bridgehead atoms. The lowest BCUT2D eigenvalue weighted by atomic mass is 9.44. The van der Waals surface area contributed by atoms with E-state index in [1.54, 1.807) is 0 Å². The first-order chi connectivity index (χ1) is 13.5. The van der Waals surface area contributed by atoms with Crippen molar-refractivity contribution in [1.29, 1.82) is 0 Å². The number of rotatable bonds is 3. The molecule has 0 aliphatic heterocycles. The first-order valence-electron chi connectivity index (χ1n) is 10.8. The third-order valence-electron chi connectivity index (χ3n) is 9.16. The third-order valence-corrected chi connectivity index (χ3v) is 9.16. The highest BCUT2D eigenvalue weighted by atomic mass is 16.5. The lowest BCUT2D eigenvalue weighted by molar-refractivity contribution is -0.218. The van der Waals surface area contributed by atoms with Crippen LogP contribution in [0.2, 0.25) is 0 Å². The van der Waals surface area contributed by atoms with Crippen molar-refractivity contribution in [3.63, 3.8) is 0 Å². The predicted octanol–water partition coefficient (Wildman–Crippen LogP) is 2.50. The fraction of sp³-hybridized carbons (Fsp3) is 0.783. The maximum Gasteiger partial charge on any atom is 0.303 e. The highest BCUT2D eigenvalue weighted by Crippen LogP contribution is 2.69. The summed E-state index contributed by atoms with van der Waals surface area (Å²) in [5.74, 6) is -0.667. The Balaban J connectivity index is 1.66. The molecule has 0 aromatic heterocycles. The molecule has 0 aromatic carbocycles. The minimum absolute atomic E-state index is 0.0212. The predicted molar refractivity (Wildman–Crippen MR) is 105 cm³/mol. The van der Waals surface area contributed by atoms with E-state index in [1.165, 1.54) is 12.5 Å². The van der Waals surface area contributed by atoms with Crippen LogP contribution in [-0.2, 0) is 19.1 Å². The zero-order valence-electron chi connectivity index (χ0n) is 17.6. The van der Waals surface area contributed by atoms with Crippen LogP contribution in [0.3, 0.4) is 0 Å². The van der Waals surface area contributed by atoms with Crippen LogP contribution in [0, 0.1) is 22.7 Å². The van der Waals surface area contributed by atoms with Gasteiger partial charge in [-0.1, -0.05) is 19.4 Å². The molecular weight excluding hydrogens is 372 g/mol. The van der Waals surface area contributed by atoms with E-state index in [1.807, 2.05) is 13.0 Å². The molecule has 0 unspecified atom stereocenters. The Morgan fingerprint density at radius 3 is 2.48 bits per heavy atom. The van der Waals surface area contributed by atoms with Gasteiger partial charge in [-0.2, -0.15) is 0 Å². The summed E-state index contributed by atoms with van der Waals surface area (Å²) in [6, 6.07) is 0. The number of hydrogen-bond acceptors (Lipinski definition) is 6. The summed E-state index contributed by atoms with van der Waals surface area (Å²) in [5, 5.41) is 23.4. The molecular formula is C23H32O6. The zero-order chi connectivity index (χ0) is 21.2. The molecule has 29 heavy (non-hydrogen) atoms. The molecule has 0 radical (unpaired) electrons. The van der Waals surface area contributed by atoms with Crippen LogP contribution in [-0.4, -0.2) is 45.6 Å². The van der Waals surface area contributed by atoms with Crippen molar-refractivity contribution in [2.75, 3.05) is 6.61 Å². The van der Waals surface area contributed by atoms with Crippen LogP contribution < -0.4 is 0 Å². The number of esters is 1. The molecule has 4 rings (SSSR count). The summed E-state index contributed by atoms with van der Waals surface area (Å²) >= 11 is 0. The Labute approximate surface area is 171 Å². The van der Waals surface area contributed by atoms with E-state index in [4.69, 9.17) is 4.74 Å². The van der Waals surface area contributed by atoms with Crippen molar-refractivity contribution in [1.82, 2.24) is 0 Å². The van der Waals surface area contributed by atoms with E-state index in [2.05, 4.69) is 6.92 Å². The Morgan fingerprint density at radius 1 is 1.07 bits per heavy atom. The summed E-state index contributed by atoms with van der Waals surface area (Å²) < 4.78 is 4.87. The number of ketones is 2. The normalized spacial score (nSPS) is 46.2. The standard InChI is InChI=1S/C23H32O6/c1-14(24)29-13-19(26)23(28)11-10-22(27)18-5-4-15-12-16(25)6-8-20(15,2)17(18)7-9-21(22,23)3/h12,17-18,27-28H,4-11,13H2,1-3H3/t17-,18+,20+,21+,22+,23-/m1/s1. The van der Waals surface area contributed by atoms with Gasteiger partial charge in [0.25, 0.3) is 0 Å². The minimum atomic E-state index is -1.69. The second-order valence-electron chi connectivity index (χ2n) is 10.2. The van der Waals surface area contributed by atoms with E-state index < -0.39 is 35.0 Å². The first-order valence-corrected chi connectivity index (χ1v) is 10.8. The zero-order valence-corrected chi connectivity index (χ0v) is 17.6. The molecule has 0 aromatic rings. The van der Waals surface area contributed by atoms with Crippen LogP contribution >= 0.6 is 0 Å². The van der Waals surface area contributed by atoms with Crippen LogP contribution in [0.5, 0.6) is 0 Å². The van der Waals surface area contributed by atoms with Gasteiger partial charge in [0.15, 0.2) is 12.4 Å². The molecule has 3 saturated carbocycles. The van der Waals surface area contributed by atoms with Crippen LogP contribution in [0.25, 0.3) is 0 Å². The van der Waals surface area contributed by atoms with Gasteiger partial charge in [0.2, 0.25) is 5.78 Å². The van der Waals surface area contributed by atoms with Gasteiger partial charge in [0.1, 0.15) is 5.60 Å². The van der Waals surface area contributed by atoms with Gasteiger partial charge in [0.05, 0.1) is 5.60 Å². The van der Waals surface area contributed by atoms with E-state index in [-0.39, 0.29) is 29.5 Å². The van der Waals surface area contributed by atoms with Crippen molar-refractivity contribution in [2.24, 2.45) is 22.7 Å². The topological polar surface area (TPSA) is 101 Å². The molecule has 0 heterocycles. The molecule has 4 aliphatic carbocycles. The summed E-state index contributed by atoms with van der Waals surface area (Å²) in [6.07, 6.45) is 6.60. The van der Waals surface area contributed by atoms with Gasteiger partial charge in [-0.05, 0) is 68.3 Å². The number of Topliss-reactive ketones (excluding diaryl/α,β-unsaturated/α-hetero) is 1. The summed E-state index contributed by atoms with van der Waals surface area (Å²) in [5.41, 5.74) is -2.70. The largest absolute Gasteiger partial charge is 0.458 e. The Kier molecular flexibility index (Phi) is 4.63. The highest BCUT2D eigenvalue weighted by Gasteiger charge is 2.73. The molecule has 2 N–H and O–H groups in total. The lowest BCUT2D eigenvalue weighted by Crippen LogP contribution is -2.66. The van der Waals surface area contributed by atoms with Gasteiger partial charge in [0, 0.05) is 18.8 Å². The third kappa shape index (κ3) is 2.64. The number of carbonyl (C=O) groups excluding carboxylic acids is 3. The molecule has 6 heteroatoms. The smallest absolute Gasteiger partial charge is 0.303 e. The Morgan fingerprint density at radius 2 is 1.79 bits per heavy atom. The molecule has 0 saturated heterocycles. The van der Waals surface area contributed by atoms with E-state index in [9.17, 15) is 24.6 Å². The fourth-order valence-corrected chi connectivity index (χ4v) is 7.28. The fourth-order valence-electron chi connectivity index (χ4n) is 7.28. The Hall–Kier alpha value is -1.53. The van der Waals surface area contributed by atoms with Gasteiger partial charge in [-0.15, -0.1) is 0 Å².